The molecule has 0 amide bonds. The van der Waals surface area contributed by atoms with Crippen molar-refractivity contribution in [2.75, 3.05) is 26.7 Å². The first kappa shape index (κ1) is 16.0. The number of likely N-dealkylation sites (tertiary alicyclic amines) is 1. The van der Waals surface area contributed by atoms with Crippen LogP contribution in [0.4, 0.5) is 0 Å². The van der Waals surface area contributed by atoms with Crippen LogP contribution in [0.1, 0.15) is 41.0 Å². The maximum absolute atomic E-state index is 11.7. The molecule has 0 aromatic rings. The molecule has 1 rings (SSSR count). The largest absolute Gasteiger partial charge is 0.569 e. The molecule has 0 aromatic carbocycles. The van der Waals surface area contributed by atoms with E-state index in [1.165, 1.54) is 5.01 Å². The molecular formula is C13H28N4O2. The van der Waals surface area contributed by atoms with Crippen molar-refractivity contribution in [3.05, 3.63) is 5.21 Å². The van der Waals surface area contributed by atoms with Crippen LogP contribution in [-0.2, 0) is 4.84 Å². The van der Waals surface area contributed by atoms with Crippen LogP contribution >= 0.6 is 0 Å². The lowest BCUT2D eigenvalue weighted by atomic mass is 10.1. The summed E-state index contributed by atoms with van der Waals surface area (Å²) in [5.41, 5.74) is -0.270. The van der Waals surface area contributed by atoms with E-state index in [1.807, 2.05) is 20.8 Å². The van der Waals surface area contributed by atoms with Crippen molar-refractivity contribution in [3.63, 3.8) is 0 Å². The lowest BCUT2D eigenvalue weighted by Crippen LogP contribution is -2.42. The van der Waals surface area contributed by atoms with Crippen LogP contribution in [0, 0.1) is 11.1 Å². The normalized spacial score (nSPS) is 22.1. The lowest BCUT2D eigenvalue weighted by molar-refractivity contribution is -0.720. The highest BCUT2D eigenvalue weighted by atomic mass is 16.7. The predicted molar refractivity (Wildman–Crippen MR) is 74.3 cm³/mol. The summed E-state index contributed by atoms with van der Waals surface area (Å²) in [5.74, 6) is 0.652. The molecule has 0 aromatic heterocycles. The third-order valence-corrected chi connectivity index (χ3v) is 3.35. The van der Waals surface area contributed by atoms with Gasteiger partial charge in [0.15, 0.2) is 0 Å². The van der Waals surface area contributed by atoms with Gasteiger partial charge in [0.05, 0.1) is 17.6 Å². The highest BCUT2D eigenvalue weighted by Gasteiger charge is 2.27. The summed E-state index contributed by atoms with van der Waals surface area (Å²) in [4.78, 5) is 8.24. The Morgan fingerprint density at radius 3 is 2.63 bits per heavy atom. The van der Waals surface area contributed by atoms with Crippen LogP contribution in [0.2, 0.25) is 0 Å². The Morgan fingerprint density at radius 2 is 2.11 bits per heavy atom. The molecule has 6 heteroatoms. The SMILES string of the molecule is CC(C)CN1CC[C@@H](O/N=[N+](/[O-])N(C)C(C)(C)C)C1. The van der Waals surface area contributed by atoms with Gasteiger partial charge in [-0.1, -0.05) is 13.8 Å². The number of hydrogen-bond donors (Lipinski definition) is 0. The van der Waals surface area contributed by atoms with Gasteiger partial charge in [-0.3, -0.25) is 4.90 Å². The van der Waals surface area contributed by atoms with Crippen molar-refractivity contribution in [2.45, 2.75) is 52.7 Å². The Bertz CT molecular complexity index is 312. The predicted octanol–water partition coefficient (Wildman–Crippen LogP) is 2.26. The highest BCUT2D eigenvalue weighted by molar-refractivity contribution is 4.75. The average Bonchev–Trinajstić information content (AvgIpc) is 2.70. The first-order valence-corrected chi connectivity index (χ1v) is 7.00. The maximum Gasteiger partial charge on any atom is 0.233 e. The minimum atomic E-state index is -0.270. The fraction of sp³-hybridized carbons (Fsp3) is 1.00. The molecule has 1 fully saturated rings. The van der Waals surface area contributed by atoms with Gasteiger partial charge in [0, 0.05) is 26.1 Å². The van der Waals surface area contributed by atoms with Gasteiger partial charge in [-0.2, -0.15) is 0 Å². The quantitative estimate of drug-likeness (QED) is 0.437. The second-order valence-electron chi connectivity index (χ2n) is 6.70. The van der Waals surface area contributed by atoms with Gasteiger partial charge in [0.2, 0.25) is 5.28 Å². The van der Waals surface area contributed by atoms with Gasteiger partial charge in [0.25, 0.3) is 0 Å². The van der Waals surface area contributed by atoms with E-state index in [9.17, 15) is 5.21 Å². The van der Waals surface area contributed by atoms with E-state index in [1.54, 1.807) is 7.05 Å². The number of hydrazine groups is 1. The maximum atomic E-state index is 11.7. The first-order valence-electron chi connectivity index (χ1n) is 7.00. The van der Waals surface area contributed by atoms with Gasteiger partial charge in [-0.05, 0) is 26.7 Å². The molecule has 6 nitrogen and oxygen atoms in total. The summed E-state index contributed by atoms with van der Waals surface area (Å²) in [7, 11) is 1.71. The van der Waals surface area contributed by atoms with Crippen LogP contribution in [0.5, 0.6) is 0 Å². The van der Waals surface area contributed by atoms with E-state index in [0.717, 1.165) is 26.1 Å². The van der Waals surface area contributed by atoms with Crippen molar-refractivity contribution >= 4 is 0 Å². The molecular weight excluding hydrogens is 244 g/mol. The van der Waals surface area contributed by atoms with E-state index >= 15 is 0 Å². The van der Waals surface area contributed by atoms with Crippen molar-refractivity contribution in [2.24, 2.45) is 11.2 Å². The third kappa shape index (κ3) is 5.22. The molecule has 1 aliphatic heterocycles. The molecule has 0 spiro atoms. The molecule has 1 atom stereocenters. The molecule has 19 heavy (non-hydrogen) atoms. The van der Waals surface area contributed by atoms with Crippen molar-refractivity contribution in [1.82, 2.24) is 9.91 Å². The standard InChI is InChI=1S/C13H28N4O2/c1-11(2)9-16-8-7-12(10-16)19-14-17(18)15(6)13(3,4)5/h11-12H,7-10H2,1-6H3/b17-14+/t12-/m1/s1. The van der Waals surface area contributed by atoms with Crippen LogP contribution in [0.3, 0.4) is 0 Å². The highest BCUT2D eigenvalue weighted by Crippen LogP contribution is 2.15. The van der Waals surface area contributed by atoms with E-state index in [2.05, 4.69) is 24.0 Å². The average molecular weight is 272 g/mol. The summed E-state index contributed by atoms with van der Waals surface area (Å²) in [5, 5.41) is 16.9. The number of nitrogens with zero attached hydrogens (tertiary/aromatic N) is 4. The summed E-state index contributed by atoms with van der Waals surface area (Å²) in [6.07, 6.45) is 0.965. The van der Waals surface area contributed by atoms with Gasteiger partial charge < -0.3 is 10.0 Å². The summed E-state index contributed by atoms with van der Waals surface area (Å²) in [6, 6.07) is 0. The molecule has 1 aliphatic rings. The fourth-order valence-corrected chi connectivity index (χ4v) is 1.98. The third-order valence-electron chi connectivity index (χ3n) is 3.35. The van der Waals surface area contributed by atoms with Crippen LogP contribution < -0.4 is 0 Å². The Labute approximate surface area is 116 Å². The lowest BCUT2D eigenvalue weighted by Gasteiger charge is -2.26. The zero-order valence-corrected chi connectivity index (χ0v) is 13.1. The first-order chi connectivity index (χ1) is 8.70. The molecule has 112 valence electrons. The Balaban J connectivity index is 2.41. The van der Waals surface area contributed by atoms with Crippen molar-refractivity contribution in [1.29, 1.82) is 0 Å². The van der Waals surface area contributed by atoms with Crippen LogP contribution in [0.25, 0.3) is 0 Å². The molecule has 0 N–H and O–H groups in total. The molecule has 0 aliphatic carbocycles. The van der Waals surface area contributed by atoms with Crippen LogP contribution in [0.15, 0.2) is 5.28 Å². The number of rotatable bonds is 5. The molecule has 0 saturated carbocycles. The molecule has 1 heterocycles. The molecule has 1 saturated heterocycles. The van der Waals surface area contributed by atoms with E-state index in [-0.39, 0.29) is 11.6 Å². The number of hydrogen-bond acceptors (Lipinski definition) is 4. The second-order valence-corrected chi connectivity index (χ2v) is 6.70. The van der Waals surface area contributed by atoms with Gasteiger partial charge >= 0.3 is 0 Å². The summed E-state index contributed by atoms with van der Waals surface area (Å²) >= 11 is 0. The Hall–Kier alpha value is -1.04. The monoisotopic (exact) mass is 272 g/mol. The molecule has 0 bridgehead atoms. The fourth-order valence-electron chi connectivity index (χ4n) is 1.98. The smallest absolute Gasteiger partial charge is 0.233 e. The van der Waals surface area contributed by atoms with E-state index in [0.29, 0.717) is 10.9 Å². The van der Waals surface area contributed by atoms with Gasteiger partial charge in [-0.15, -0.1) is 5.01 Å². The summed E-state index contributed by atoms with van der Waals surface area (Å²) in [6.45, 7) is 13.2. The van der Waals surface area contributed by atoms with E-state index < -0.39 is 0 Å². The zero-order chi connectivity index (χ0) is 14.6. The Morgan fingerprint density at radius 1 is 1.47 bits per heavy atom. The molecule has 0 radical (unpaired) electrons. The van der Waals surface area contributed by atoms with Crippen molar-refractivity contribution < 1.29 is 9.81 Å². The van der Waals surface area contributed by atoms with Crippen molar-refractivity contribution in [3.8, 4) is 0 Å². The Kier molecular flexibility index (Phi) is 5.40. The van der Waals surface area contributed by atoms with Gasteiger partial charge in [0.1, 0.15) is 6.10 Å². The van der Waals surface area contributed by atoms with Crippen LogP contribution in [-0.4, -0.2) is 53.2 Å². The summed E-state index contributed by atoms with van der Waals surface area (Å²) < 4.78 is 0. The zero-order valence-electron chi connectivity index (χ0n) is 13.1. The minimum absolute atomic E-state index is 0.0311. The molecule has 0 unspecified atom stereocenters. The van der Waals surface area contributed by atoms with E-state index in [4.69, 9.17) is 4.84 Å². The topological polar surface area (TPSA) is 54.1 Å². The minimum Gasteiger partial charge on any atom is -0.569 e. The van der Waals surface area contributed by atoms with Gasteiger partial charge in [-0.25, -0.2) is 0 Å². The second kappa shape index (κ2) is 6.41.